The second-order valence-electron chi connectivity index (χ2n) is 5.42. The van der Waals surface area contributed by atoms with Gasteiger partial charge in [-0.15, -0.1) is 0 Å². The summed E-state index contributed by atoms with van der Waals surface area (Å²) in [5.74, 6) is 1.10. The predicted octanol–water partition coefficient (Wildman–Crippen LogP) is 2.45. The van der Waals surface area contributed by atoms with E-state index in [1.54, 1.807) is 0 Å². The van der Waals surface area contributed by atoms with Crippen LogP contribution in [0.2, 0.25) is 5.02 Å². The van der Waals surface area contributed by atoms with Crippen LogP contribution in [-0.4, -0.2) is 22.1 Å². The standard InChI is InChI=1S/C15H19ClN4/c1-11(17)8-12-2-3-13(9-14(12)16)20-7-6-19-5-4-18-15(19)10-20/h2-5,9,11H,6-8,10,17H2,1H3. The first-order valence-electron chi connectivity index (χ1n) is 6.92. The van der Waals surface area contributed by atoms with E-state index in [0.717, 1.165) is 48.2 Å². The number of anilines is 1. The lowest BCUT2D eigenvalue weighted by Crippen LogP contribution is -2.33. The van der Waals surface area contributed by atoms with Gasteiger partial charge in [-0.05, 0) is 31.0 Å². The van der Waals surface area contributed by atoms with Gasteiger partial charge in [0.15, 0.2) is 0 Å². The molecule has 2 aromatic rings. The molecule has 2 heterocycles. The van der Waals surface area contributed by atoms with E-state index in [9.17, 15) is 0 Å². The molecule has 1 aromatic heterocycles. The molecule has 5 heteroatoms. The zero-order valence-electron chi connectivity index (χ0n) is 11.6. The van der Waals surface area contributed by atoms with Crippen LogP contribution in [-0.2, 0) is 19.5 Å². The number of fused-ring (bicyclic) bond motifs is 1. The van der Waals surface area contributed by atoms with Crippen LogP contribution in [0.1, 0.15) is 18.3 Å². The van der Waals surface area contributed by atoms with Crippen molar-refractivity contribution in [1.29, 1.82) is 0 Å². The van der Waals surface area contributed by atoms with Gasteiger partial charge in [-0.25, -0.2) is 4.98 Å². The molecule has 4 nitrogen and oxygen atoms in total. The summed E-state index contributed by atoms with van der Waals surface area (Å²) in [6, 6.07) is 6.38. The Morgan fingerprint density at radius 3 is 3.00 bits per heavy atom. The first-order valence-corrected chi connectivity index (χ1v) is 7.30. The minimum atomic E-state index is 0.126. The normalized spacial score (nSPS) is 16.1. The first kappa shape index (κ1) is 13.5. The van der Waals surface area contributed by atoms with Crippen LogP contribution in [0.25, 0.3) is 0 Å². The van der Waals surface area contributed by atoms with Gasteiger partial charge in [-0.2, -0.15) is 0 Å². The third-order valence-corrected chi connectivity index (χ3v) is 4.04. The molecule has 0 saturated heterocycles. The molecule has 20 heavy (non-hydrogen) atoms. The summed E-state index contributed by atoms with van der Waals surface area (Å²) in [6.45, 7) is 4.77. The highest BCUT2D eigenvalue weighted by Crippen LogP contribution is 2.26. The fourth-order valence-corrected chi connectivity index (χ4v) is 2.89. The number of halogens is 1. The molecule has 1 unspecified atom stereocenters. The molecule has 1 aromatic carbocycles. The molecule has 106 valence electrons. The summed E-state index contributed by atoms with van der Waals surface area (Å²) in [5.41, 5.74) is 8.10. The van der Waals surface area contributed by atoms with Gasteiger partial charge in [0.25, 0.3) is 0 Å². The van der Waals surface area contributed by atoms with Gasteiger partial charge in [0.05, 0.1) is 6.54 Å². The van der Waals surface area contributed by atoms with Crippen molar-refractivity contribution in [2.45, 2.75) is 32.5 Å². The highest BCUT2D eigenvalue weighted by atomic mass is 35.5. The molecule has 0 saturated carbocycles. The van der Waals surface area contributed by atoms with E-state index in [1.165, 1.54) is 0 Å². The highest BCUT2D eigenvalue weighted by molar-refractivity contribution is 6.31. The van der Waals surface area contributed by atoms with E-state index in [2.05, 4.69) is 26.6 Å². The molecular weight excluding hydrogens is 272 g/mol. The van der Waals surface area contributed by atoms with Crippen molar-refractivity contribution >= 4 is 17.3 Å². The molecule has 3 rings (SSSR count). The van der Waals surface area contributed by atoms with Crippen LogP contribution in [0, 0.1) is 0 Å². The molecule has 0 spiro atoms. The number of aromatic nitrogens is 2. The van der Waals surface area contributed by atoms with E-state index in [-0.39, 0.29) is 6.04 Å². The van der Waals surface area contributed by atoms with Gasteiger partial charge >= 0.3 is 0 Å². The minimum Gasteiger partial charge on any atom is -0.362 e. The van der Waals surface area contributed by atoms with E-state index < -0.39 is 0 Å². The molecular formula is C15H19ClN4. The van der Waals surface area contributed by atoms with Gasteiger partial charge in [0.1, 0.15) is 5.82 Å². The van der Waals surface area contributed by atoms with Gasteiger partial charge < -0.3 is 15.2 Å². The summed E-state index contributed by atoms with van der Waals surface area (Å²) in [4.78, 5) is 6.69. The van der Waals surface area contributed by atoms with E-state index in [0.29, 0.717) is 0 Å². The molecule has 1 aliphatic heterocycles. The Morgan fingerprint density at radius 2 is 2.25 bits per heavy atom. The Hall–Kier alpha value is -1.52. The smallest absolute Gasteiger partial charge is 0.128 e. The molecule has 2 N–H and O–H groups in total. The lowest BCUT2D eigenvalue weighted by Gasteiger charge is -2.30. The summed E-state index contributed by atoms with van der Waals surface area (Å²) in [5, 5.41) is 0.800. The average Bonchev–Trinajstić information content (AvgIpc) is 2.87. The largest absolute Gasteiger partial charge is 0.362 e. The van der Waals surface area contributed by atoms with Crippen LogP contribution in [0.15, 0.2) is 30.6 Å². The minimum absolute atomic E-state index is 0.126. The van der Waals surface area contributed by atoms with Gasteiger partial charge in [-0.1, -0.05) is 17.7 Å². The lowest BCUT2D eigenvalue weighted by atomic mass is 10.1. The van der Waals surface area contributed by atoms with E-state index >= 15 is 0 Å². The monoisotopic (exact) mass is 290 g/mol. The zero-order valence-corrected chi connectivity index (χ0v) is 12.3. The first-order chi connectivity index (χ1) is 9.63. The molecule has 0 aliphatic carbocycles. The molecule has 0 radical (unpaired) electrons. The number of hydrogen-bond donors (Lipinski definition) is 1. The summed E-state index contributed by atoms with van der Waals surface area (Å²) in [7, 11) is 0. The third kappa shape index (κ3) is 2.67. The van der Waals surface area contributed by atoms with Crippen molar-refractivity contribution in [2.24, 2.45) is 5.73 Å². The average molecular weight is 291 g/mol. The van der Waals surface area contributed by atoms with Gasteiger partial charge in [0.2, 0.25) is 0 Å². The number of imidazole rings is 1. The zero-order chi connectivity index (χ0) is 14.1. The SMILES string of the molecule is CC(N)Cc1ccc(N2CCn3ccnc3C2)cc1Cl. The van der Waals surface area contributed by atoms with Crippen molar-refractivity contribution < 1.29 is 0 Å². The third-order valence-electron chi connectivity index (χ3n) is 3.69. The Morgan fingerprint density at radius 1 is 1.40 bits per heavy atom. The Labute approximate surface area is 124 Å². The van der Waals surface area contributed by atoms with Crippen molar-refractivity contribution in [2.75, 3.05) is 11.4 Å². The van der Waals surface area contributed by atoms with Crippen LogP contribution in [0.5, 0.6) is 0 Å². The second-order valence-corrected chi connectivity index (χ2v) is 5.82. The van der Waals surface area contributed by atoms with Crippen molar-refractivity contribution in [1.82, 2.24) is 9.55 Å². The maximum Gasteiger partial charge on any atom is 0.128 e. The van der Waals surface area contributed by atoms with Crippen LogP contribution in [0.4, 0.5) is 5.69 Å². The number of nitrogens with zero attached hydrogens (tertiary/aromatic N) is 3. The Balaban J connectivity index is 1.80. The van der Waals surface area contributed by atoms with Crippen molar-refractivity contribution in [3.8, 4) is 0 Å². The highest BCUT2D eigenvalue weighted by Gasteiger charge is 2.17. The van der Waals surface area contributed by atoms with Crippen LogP contribution in [0.3, 0.4) is 0 Å². The quantitative estimate of drug-likeness (QED) is 0.944. The molecule has 1 atom stereocenters. The summed E-state index contributed by atoms with van der Waals surface area (Å²) < 4.78 is 2.20. The van der Waals surface area contributed by atoms with E-state index in [1.807, 2.05) is 25.4 Å². The summed E-state index contributed by atoms with van der Waals surface area (Å²) in [6.07, 6.45) is 4.70. The fraction of sp³-hybridized carbons (Fsp3) is 0.400. The second kappa shape index (κ2) is 5.46. The van der Waals surface area contributed by atoms with E-state index in [4.69, 9.17) is 17.3 Å². The van der Waals surface area contributed by atoms with Crippen LogP contribution >= 0.6 is 11.6 Å². The van der Waals surface area contributed by atoms with Crippen LogP contribution < -0.4 is 10.6 Å². The number of hydrogen-bond acceptors (Lipinski definition) is 3. The number of benzene rings is 1. The molecule has 1 aliphatic rings. The Bertz CT molecular complexity index is 606. The lowest BCUT2D eigenvalue weighted by molar-refractivity contribution is 0.560. The van der Waals surface area contributed by atoms with Crippen molar-refractivity contribution in [3.63, 3.8) is 0 Å². The van der Waals surface area contributed by atoms with Gasteiger partial charge in [-0.3, -0.25) is 0 Å². The Kier molecular flexibility index (Phi) is 3.68. The predicted molar refractivity (Wildman–Crippen MR) is 82.1 cm³/mol. The number of nitrogens with two attached hydrogens (primary N) is 1. The fourth-order valence-electron chi connectivity index (χ4n) is 2.64. The maximum atomic E-state index is 6.37. The molecule has 0 fully saturated rings. The molecule has 0 bridgehead atoms. The maximum absolute atomic E-state index is 6.37. The molecule has 0 amide bonds. The van der Waals surface area contributed by atoms with Crippen molar-refractivity contribution in [3.05, 3.63) is 47.0 Å². The topological polar surface area (TPSA) is 47.1 Å². The number of rotatable bonds is 3. The summed E-state index contributed by atoms with van der Waals surface area (Å²) >= 11 is 6.37. The van der Waals surface area contributed by atoms with Gasteiger partial charge in [0, 0.05) is 42.2 Å².